The van der Waals surface area contributed by atoms with Crippen molar-refractivity contribution in [2.75, 3.05) is 26.7 Å². The molecule has 1 heterocycles. The van der Waals surface area contributed by atoms with E-state index in [1.165, 1.54) is 28.4 Å². The average molecular weight is 368 g/mol. The lowest BCUT2D eigenvalue weighted by molar-refractivity contribution is -0.145. The van der Waals surface area contributed by atoms with E-state index in [4.69, 9.17) is 4.74 Å². The summed E-state index contributed by atoms with van der Waals surface area (Å²) < 4.78 is 31.4. The minimum Gasteiger partial charge on any atom is -0.467 e. The van der Waals surface area contributed by atoms with Crippen LogP contribution in [-0.2, 0) is 19.6 Å². The Morgan fingerprint density at radius 1 is 1.28 bits per heavy atom. The molecule has 0 N–H and O–H groups in total. The maximum atomic E-state index is 12.8. The van der Waals surface area contributed by atoms with Crippen molar-refractivity contribution in [3.8, 4) is 0 Å². The number of amides is 1. The fourth-order valence-corrected chi connectivity index (χ4v) is 4.56. The number of hydrogen-bond acceptors (Lipinski definition) is 5. The van der Waals surface area contributed by atoms with Crippen LogP contribution in [0.15, 0.2) is 29.2 Å². The van der Waals surface area contributed by atoms with E-state index in [0.29, 0.717) is 32.5 Å². The molecule has 25 heavy (non-hydrogen) atoms. The molecule has 0 saturated carbocycles. The summed E-state index contributed by atoms with van der Waals surface area (Å²) in [5, 5.41) is 0. The molecule has 2 rings (SSSR count). The number of sulfonamides is 1. The summed E-state index contributed by atoms with van der Waals surface area (Å²) in [5.74, 6) is -0.803. The van der Waals surface area contributed by atoms with Gasteiger partial charge < -0.3 is 9.64 Å². The van der Waals surface area contributed by atoms with Crippen LogP contribution in [0.25, 0.3) is 0 Å². The first kappa shape index (κ1) is 19.4. The zero-order valence-corrected chi connectivity index (χ0v) is 15.6. The third kappa shape index (κ3) is 3.85. The van der Waals surface area contributed by atoms with Crippen LogP contribution >= 0.6 is 0 Å². The second kappa shape index (κ2) is 7.97. The molecular formula is C17H24N2O5S. The molecule has 1 aliphatic heterocycles. The Balaban J connectivity index is 2.32. The van der Waals surface area contributed by atoms with Crippen molar-refractivity contribution in [1.29, 1.82) is 0 Å². The zero-order chi connectivity index (χ0) is 18.6. The number of esters is 1. The van der Waals surface area contributed by atoms with E-state index in [0.717, 1.165) is 0 Å². The third-order valence-electron chi connectivity index (χ3n) is 4.41. The van der Waals surface area contributed by atoms with Gasteiger partial charge in [-0.15, -0.1) is 0 Å². The van der Waals surface area contributed by atoms with Crippen molar-refractivity contribution in [3.05, 3.63) is 29.8 Å². The smallest absolute Gasteiger partial charge is 0.328 e. The molecule has 8 heteroatoms. The Morgan fingerprint density at radius 3 is 2.56 bits per heavy atom. The molecule has 1 saturated heterocycles. The first-order chi connectivity index (χ1) is 11.9. The summed E-state index contributed by atoms with van der Waals surface area (Å²) in [7, 11) is -2.35. The minimum absolute atomic E-state index is 0.0795. The van der Waals surface area contributed by atoms with Crippen molar-refractivity contribution in [3.63, 3.8) is 0 Å². The molecule has 1 fully saturated rings. The Kier molecular flexibility index (Phi) is 6.18. The summed E-state index contributed by atoms with van der Waals surface area (Å²) in [6.07, 6.45) is 1.26. The molecular weight excluding hydrogens is 344 g/mol. The lowest BCUT2D eigenvalue weighted by Gasteiger charge is -2.23. The van der Waals surface area contributed by atoms with Crippen LogP contribution in [0, 0.1) is 0 Å². The van der Waals surface area contributed by atoms with Crippen molar-refractivity contribution < 1.29 is 22.7 Å². The number of benzene rings is 1. The highest BCUT2D eigenvalue weighted by atomic mass is 32.2. The minimum atomic E-state index is -3.64. The molecule has 1 amide bonds. The molecule has 0 bridgehead atoms. The maximum absolute atomic E-state index is 12.8. The standard InChI is InChI=1S/C17H24N2O5S/c1-4-18(5-2)25(22,23)14-9-6-8-13(12-14)16(20)19-11-7-10-15(19)17(21)24-3/h6,8-9,12,15H,4-5,7,10-11H2,1-3H3/t15-/m1/s1. The Bertz CT molecular complexity index is 743. The van der Waals surface area contributed by atoms with Crippen molar-refractivity contribution >= 4 is 21.9 Å². The number of rotatable bonds is 6. The first-order valence-corrected chi connectivity index (χ1v) is 9.79. The van der Waals surface area contributed by atoms with E-state index >= 15 is 0 Å². The van der Waals surface area contributed by atoms with Crippen LogP contribution in [0.1, 0.15) is 37.0 Å². The summed E-state index contributed by atoms with van der Waals surface area (Å²) in [4.78, 5) is 26.1. The lowest BCUT2D eigenvalue weighted by Crippen LogP contribution is -2.41. The molecule has 1 aromatic rings. The maximum Gasteiger partial charge on any atom is 0.328 e. The second-order valence-corrected chi connectivity index (χ2v) is 7.73. The SMILES string of the molecule is CCN(CC)S(=O)(=O)c1cccc(C(=O)N2CCC[C@@H]2C(=O)OC)c1. The van der Waals surface area contributed by atoms with Gasteiger partial charge in [-0.1, -0.05) is 19.9 Å². The van der Waals surface area contributed by atoms with Gasteiger partial charge in [0.2, 0.25) is 10.0 Å². The van der Waals surface area contributed by atoms with Crippen molar-refractivity contribution in [1.82, 2.24) is 9.21 Å². The predicted molar refractivity (Wildman–Crippen MR) is 92.6 cm³/mol. The average Bonchev–Trinajstić information content (AvgIpc) is 3.11. The number of methoxy groups -OCH3 is 1. The van der Waals surface area contributed by atoms with Gasteiger partial charge in [0.25, 0.3) is 5.91 Å². The molecule has 1 aliphatic rings. The van der Waals surface area contributed by atoms with Crippen LogP contribution in [0.3, 0.4) is 0 Å². The molecule has 0 spiro atoms. The van der Waals surface area contributed by atoms with Crippen molar-refractivity contribution in [2.24, 2.45) is 0 Å². The Hall–Kier alpha value is -1.93. The molecule has 1 atom stereocenters. The first-order valence-electron chi connectivity index (χ1n) is 8.35. The highest BCUT2D eigenvalue weighted by Gasteiger charge is 2.35. The largest absolute Gasteiger partial charge is 0.467 e. The molecule has 0 aliphatic carbocycles. The number of carbonyl (C=O) groups excluding carboxylic acids is 2. The fourth-order valence-electron chi connectivity index (χ4n) is 3.06. The molecule has 1 aromatic carbocycles. The van der Waals surface area contributed by atoms with Gasteiger partial charge in [-0.3, -0.25) is 4.79 Å². The van der Waals surface area contributed by atoms with E-state index in [2.05, 4.69) is 0 Å². The molecule has 138 valence electrons. The fraction of sp³-hybridized carbons (Fsp3) is 0.529. The number of nitrogens with zero attached hydrogens (tertiary/aromatic N) is 2. The highest BCUT2D eigenvalue weighted by Crippen LogP contribution is 2.23. The molecule has 7 nitrogen and oxygen atoms in total. The van der Waals surface area contributed by atoms with Crippen LogP contribution in [-0.4, -0.2) is 62.3 Å². The summed E-state index contributed by atoms with van der Waals surface area (Å²) in [6.45, 7) is 4.69. The Morgan fingerprint density at radius 2 is 1.96 bits per heavy atom. The summed E-state index contributed by atoms with van der Waals surface area (Å²) in [5.41, 5.74) is 0.254. The van der Waals surface area contributed by atoms with Crippen LogP contribution in [0.4, 0.5) is 0 Å². The summed E-state index contributed by atoms with van der Waals surface area (Å²) >= 11 is 0. The third-order valence-corrected chi connectivity index (χ3v) is 6.46. The highest BCUT2D eigenvalue weighted by molar-refractivity contribution is 7.89. The van der Waals surface area contributed by atoms with Gasteiger partial charge in [0.1, 0.15) is 6.04 Å². The van der Waals surface area contributed by atoms with Crippen LogP contribution < -0.4 is 0 Å². The lowest BCUT2D eigenvalue weighted by atomic mass is 10.1. The van der Waals surface area contributed by atoms with E-state index in [-0.39, 0.29) is 16.4 Å². The van der Waals surface area contributed by atoms with Crippen molar-refractivity contribution in [2.45, 2.75) is 37.6 Å². The monoisotopic (exact) mass is 368 g/mol. The van der Waals surface area contributed by atoms with Gasteiger partial charge in [-0.25, -0.2) is 13.2 Å². The van der Waals surface area contributed by atoms with Gasteiger partial charge in [-0.05, 0) is 31.0 Å². The summed E-state index contributed by atoms with van der Waals surface area (Å²) in [6, 6.07) is 5.36. The molecule has 0 radical (unpaired) electrons. The van der Waals surface area contributed by atoms with E-state index in [1.54, 1.807) is 26.0 Å². The van der Waals surface area contributed by atoms with Gasteiger partial charge >= 0.3 is 5.97 Å². The van der Waals surface area contributed by atoms with Crippen LogP contribution in [0.2, 0.25) is 0 Å². The topological polar surface area (TPSA) is 84.0 Å². The molecule has 0 aromatic heterocycles. The number of hydrogen-bond donors (Lipinski definition) is 0. The van der Waals surface area contributed by atoms with Gasteiger partial charge in [0.15, 0.2) is 0 Å². The normalized spacial score (nSPS) is 17.8. The van der Waals surface area contributed by atoms with Gasteiger partial charge in [0.05, 0.1) is 12.0 Å². The van der Waals surface area contributed by atoms with Gasteiger partial charge in [0, 0.05) is 25.2 Å². The van der Waals surface area contributed by atoms with E-state index in [9.17, 15) is 18.0 Å². The molecule has 0 unspecified atom stereocenters. The predicted octanol–water partition coefficient (Wildman–Crippen LogP) is 1.49. The number of likely N-dealkylation sites (tertiary alicyclic amines) is 1. The Labute approximate surface area is 148 Å². The number of carbonyl (C=O) groups is 2. The van der Waals surface area contributed by atoms with Crippen LogP contribution in [0.5, 0.6) is 0 Å². The van der Waals surface area contributed by atoms with E-state index < -0.39 is 22.0 Å². The number of ether oxygens (including phenoxy) is 1. The zero-order valence-electron chi connectivity index (χ0n) is 14.8. The van der Waals surface area contributed by atoms with Gasteiger partial charge in [-0.2, -0.15) is 4.31 Å². The second-order valence-electron chi connectivity index (χ2n) is 5.80. The van der Waals surface area contributed by atoms with E-state index in [1.807, 2.05) is 0 Å². The quantitative estimate of drug-likeness (QED) is 0.711.